The van der Waals surface area contributed by atoms with E-state index in [1.54, 1.807) is 24.3 Å². The first-order chi connectivity index (χ1) is 8.04. The van der Waals surface area contributed by atoms with Gasteiger partial charge in [-0.3, -0.25) is 0 Å². The molecule has 0 heterocycles. The lowest BCUT2D eigenvalue weighted by molar-refractivity contribution is -0.150. The molecule has 0 fully saturated rings. The number of ether oxygens (including phenoxy) is 2. The Morgan fingerprint density at radius 2 is 1.88 bits per heavy atom. The SMILES string of the molecule is COC(=O)C(O)c1ccc(OCC(C)C)cc1. The molecule has 1 rings (SSSR count). The number of hydrogen-bond donors (Lipinski definition) is 1. The molecule has 17 heavy (non-hydrogen) atoms. The zero-order chi connectivity index (χ0) is 12.8. The molecule has 0 aromatic heterocycles. The number of carbonyl (C=O) groups is 1. The Morgan fingerprint density at radius 1 is 1.29 bits per heavy atom. The molecule has 0 aliphatic carbocycles. The van der Waals surface area contributed by atoms with E-state index in [1.165, 1.54) is 7.11 Å². The molecule has 1 aromatic rings. The first kappa shape index (κ1) is 13.5. The molecule has 0 aliphatic heterocycles. The van der Waals surface area contributed by atoms with E-state index in [1.807, 2.05) is 0 Å². The van der Waals surface area contributed by atoms with Crippen molar-refractivity contribution in [2.45, 2.75) is 20.0 Å². The van der Waals surface area contributed by atoms with Crippen LogP contribution in [0.15, 0.2) is 24.3 Å². The van der Waals surface area contributed by atoms with Crippen molar-refractivity contribution in [3.63, 3.8) is 0 Å². The van der Waals surface area contributed by atoms with Gasteiger partial charge in [0.05, 0.1) is 13.7 Å². The molecule has 0 radical (unpaired) electrons. The van der Waals surface area contributed by atoms with Gasteiger partial charge in [-0.15, -0.1) is 0 Å². The first-order valence-corrected chi connectivity index (χ1v) is 5.53. The number of aliphatic hydroxyl groups excluding tert-OH is 1. The third-order valence-corrected chi connectivity index (χ3v) is 2.20. The van der Waals surface area contributed by atoms with E-state index in [0.717, 1.165) is 5.75 Å². The van der Waals surface area contributed by atoms with Crippen molar-refractivity contribution < 1.29 is 19.4 Å². The van der Waals surface area contributed by atoms with E-state index in [-0.39, 0.29) is 0 Å². The summed E-state index contributed by atoms with van der Waals surface area (Å²) in [5.41, 5.74) is 0.494. The van der Waals surface area contributed by atoms with Gasteiger partial charge in [-0.2, -0.15) is 0 Å². The topological polar surface area (TPSA) is 55.8 Å². The van der Waals surface area contributed by atoms with Crippen molar-refractivity contribution in [1.29, 1.82) is 0 Å². The fourth-order valence-corrected chi connectivity index (χ4v) is 1.26. The normalized spacial score (nSPS) is 12.3. The van der Waals surface area contributed by atoms with E-state index < -0.39 is 12.1 Å². The van der Waals surface area contributed by atoms with Gasteiger partial charge in [-0.25, -0.2) is 4.79 Å². The maximum Gasteiger partial charge on any atom is 0.339 e. The third kappa shape index (κ3) is 4.07. The lowest BCUT2D eigenvalue weighted by atomic mass is 10.1. The number of methoxy groups -OCH3 is 1. The standard InChI is InChI=1S/C13H18O4/c1-9(2)8-17-11-6-4-10(5-7-11)12(14)13(15)16-3/h4-7,9,12,14H,8H2,1-3H3. The van der Waals surface area contributed by atoms with Crippen LogP contribution in [0.4, 0.5) is 0 Å². The van der Waals surface area contributed by atoms with Gasteiger partial charge in [0, 0.05) is 0 Å². The van der Waals surface area contributed by atoms with E-state index in [4.69, 9.17) is 4.74 Å². The molecule has 1 aromatic carbocycles. The predicted octanol–water partition coefficient (Wildman–Crippen LogP) is 1.93. The molecule has 1 N–H and O–H groups in total. The van der Waals surface area contributed by atoms with E-state index in [9.17, 15) is 9.90 Å². The fraction of sp³-hybridized carbons (Fsp3) is 0.462. The Morgan fingerprint density at radius 3 is 2.35 bits per heavy atom. The minimum atomic E-state index is -1.24. The molecule has 0 bridgehead atoms. The molecule has 1 unspecified atom stereocenters. The van der Waals surface area contributed by atoms with Crippen molar-refractivity contribution in [2.24, 2.45) is 5.92 Å². The Hall–Kier alpha value is -1.55. The van der Waals surface area contributed by atoms with Crippen molar-refractivity contribution in [1.82, 2.24) is 0 Å². The molecule has 4 nitrogen and oxygen atoms in total. The van der Waals surface area contributed by atoms with Crippen LogP contribution in [0.2, 0.25) is 0 Å². The molecule has 0 saturated heterocycles. The van der Waals surface area contributed by atoms with Crippen LogP contribution in [-0.4, -0.2) is 24.8 Å². The second kappa shape index (κ2) is 6.25. The quantitative estimate of drug-likeness (QED) is 0.796. The minimum Gasteiger partial charge on any atom is -0.493 e. The summed E-state index contributed by atoms with van der Waals surface area (Å²) in [6.07, 6.45) is -1.24. The van der Waals surface area contributed by atoms with Crippen LogP contribution in [-0.2, 0) is 9.53 Å². The van der Waals surface area contributed by atoms with Crippen LogP contribution in [0.3, 0.4) is 0 Å². The number of benzene rings is 1. The van der Waals surface area contributed by atoms with Crippen LogP contribution in [0, 0.1) is 5.92 Å². The van der Waals surface area contributed by atoms with Gasteiger partial charge in [0.15, 0.2) is 6.10 Å². The Bertz CT molecular complexity index is 356. The zero-order valence-corrected chi connectivity index (χ0v) is 10.3. The van der Waals surface area contributed by atoms with Gasteiger partial charge in [0.25, 0.3) is 0 Å². The van der Waals surface area contributed by atoms with Gasteiger partial charge in [-0.1, -0.05) is 26.0 Å². The number of carbonyl (C=O) groups excluding carboxylic acids is 1. The summed E-state index contributed by atoms with van der Waals surface area (Å²) >= 11 is 0. The van der Waals surface area contributed by atoms with Crippen LogP contribution in [0.5, 0.6) is 5.75 Å². The van der Waals surface area contributed by atoms with Gasteiger partial charge in [0.1, 0.15) is 5.75 Å². The first-order valence-electron chi connectivity index (χ1n) is 5.53. The predicted molar refractivity (Wildman–Crippen MR) is 63.8 cm³/mol. The van der Waals surface area contributed by atoms with E-state index >= 15 is 0 Å². The lowest BCUT2D eigenvalue weighted by Gasteiger charge is -2.11. The molecule has 4 heteroatoms. The highest BCUT2D eigenvalue weighted by Crippen LogP contribution is 2.19. The van der Waals surface area contributed by atoms with Crippen LogP contribution >= 0.6 is 0 Å². The Kier molecular flexibility index (Phi) is 4.97. The minimum absolute atomic E-state index is 0.454. The van der Waals surface area contributed by atoms with E-state index in [0.29, 0.717) is 18.1 Å². The highest BCUT2D eigenvalue weighted by atomic mass is 16.5. The molecule has 0 saturated carbocycles. The molecular formula is C13H18O4. The van der Waals surface area contributed by atoms with Crippen LogP contribution < -0.4 is 4.74 Å². The summed E-state index contributed by atoms with van der Waals surface area (Å²) in [4.78, 5) is 11.1. The third-order valence-electron chi connectivity index (χ3n) is 2.20. The van der Waals surface area contributed by atoms with Crippen molar-refractivity contribution in [2.75, 3.05) is 13.7 Å². The van der Waals surface area contributed by atoms with Crippen molar-refractivity contribution in [3.05, 3.63) is 29.8 Å². The highest BCUT2D eigenvalue weighted by molar-refractivity contribution is 5.76. The molecule has 0 spiro atoms. The van der Waals surface area contributed by atoms with Gasteiger partial charge >= 0.3 is 5.97 Å². The van der Waals surface area contributed by atoms with Crippen LogP contribution in [0.1, 0.15) is 25.5 Å². The number of esters is 1. The fourth-order valence-electron chi connectivity index (χ4n) is 1.26. The zero-order valence-electron chi connectivity index (χ0n) is 10.3. The molecule has 0 amide bonds. The number of aliphatic hydroxyl groups is 1. The Labute approximate surface area is 101 Å². The average molecular weight is 238 g/mol. The average Bonchev–Trinajstić information content (AvgIpc) is 2.35. The van der Waals surface area contributed by atoms with Crippen LogP contribution in [0.25, 0.3) is 0 Å². The summed E-state index contributed by atoms with van der Waals surface area (Å²) < 4.78 is 9.95. The Balaban J connectivity index is 2.64. The van der Waals surface area contributed by atoms with Gasteiger partial charge in [-0.05, 0) is 23.6 Å². The van der Waals surface area contributed by atoms with Gasteiger partial charge in [0.2, 0.25) is 0 Å². The summed E-state index contributed by atoms with van der Waals surface area (Å²) in [6.45, 7) is 4.77. The molecular weight excluding hydrogens is 220 g/mol. The molecule has 0 aliphatic rings. The molecule has 1 atom stereocenters. The maximum atomic E-state index is 11.1. The van der Waals surface area contributed by atoms with Crippen molar-refractivity contribution >= 4 is 5.97 Å². The summed E-state index contributed by atoms with van der Waals surface area (Å²) in [6, 6.07) is 6.75. The maximum absolute atomic E-state index is 11.1. The monoisotopic (exact) mass is 238 g/mol. The lowest BCUT2D eigenvalue weighted by Crippen LogP contribution is -2.13. The number of hydrogen-bond acceptors (Lipinski definition) is 4. The van der Waals surface area contributed by atoms with E-state index in [2.05, 4.69) is 18.6 Å². The molecule has 94 valence electrons. The highest BCUT2D eigenvalue weighted by Gasteiger charge is 2.17. The smallest absolute Gasteiger partial charge is 0.339 e. The second-order valence-electron chi connectivity index (χ2n) is 4.20. The van der Waals surface area contributed by atoms with Gasteiger partial charge < -0.3 is 14.6 Å². The van der Waals surface area contributed by atoms with Crippen molar-refractivity contribution in [3.8, 4) is 5.75 Å². The summed E-state index contributed by atoms with van der Waals surface area (Å²) in [5.74, 6) is 0.510. The number of rotatable bonds is 5. The summed E-state index contributed by atoms with van der Waals surface area (Å²) in [5, 5.41) is 9.58. The summed E-state index contributed by atoms with van der Waals surface area (Å²) in [7, 11) is 1.24. The largest absolute Gasteiger partial charge is 0.493 e. The second-order valence-corrected chi connectivity index (χ2v) is 4.20.